The Morgan fingerprint density at radius 2 is 2.17 bits per heavy atom. The number of hydrogen-bond acceptors (Lipinski definition) is 3. The van der Waals surface area contributed by atoms with Gasteiger partial charge in [-0.15, -0.1) is 0 Å². The number of amidine groups is 1. The van der Waals surface area contributed by atoms with Crippen molar-refractivity contribution < 1.29 is 4.79 Å². The number of thioether (sulfide) groups is 1. The van der Waals surface area contributed by atoms with Gasteiger partial charge in [0.2, 0.25) is 0 Å². The first-order chi connectivity index (χ1) is 11.0. The van der Waals surface area contributed by atoms with Crippen molar-refractivity contribution in [3.05, 3.63) is 64.1 Å². The van der Waals surface area contributed by atoms with Crippen LogP contribution in [0.2, 0.25) is 0 Å². The fourth-order valence-corrected chi connectivity index (χ4v) is 3.44. The molecule has 2 aliphatic rings. The van der Waals surface area contributed by atoms with Crippen LogP contribution in [-0.2, 0) is 4.79 Å². The summed E-state index contributed by atoms with van der Waals surface area (Å²) in [5.74, 6) is -0.0900. The number of nitrogens with one attached hydrogen (secondary N) is 1. The van der Waals surface area contributed by atoms with Crippen LogP contribution in [0.15, 0.2) is 58.0 Å². The molecule has 1 amide bonds. The number of carbonyl (C=O) groups is 1. The summed E-state index contributed by atoms with van der Waals surface area (Å²) >= 11 is 4.92. The van der Waals surface area contributed by atoms with Crippen molar-refractivity contribution in [3.8, 4) is 0 Å². The second kappa shape index (κ2) is 6.89. The van der Waals surface area contributed by atoms with Crippen LogP contribution < -0.4 is 5.32 Å². The Balaban J connectivity index is 1.78. The van der Waals surface area contributed by atoms with Gasteiger partial charge in [0.15, 0.2) is 5.17 Å². The molecule has 1 aromatic carbocycles. The summed E-state index contributed by atoms with van der Waals surface area (Å²) in [5, 5.41) is 3.46. The minimum Gasteiger partial charge on any atom is -0.300 e. The van der Waals surface area contributed by atoms with Crippen LogP contribution >= 0.6 is 27.7 Å². The van der Waals surface area contributed by atoms with E-state index in [1.54, 1.807) is 0 Å². The third-order valence-electron chi connectivity index (χ3n) is 3.75. The number of carbonyl (C=O) groups excluding carboxylic acids is 1. The molecule has 0 aromatic heterocycles. The molecular weight excluding hydrogens is 372 g/mol. The van der Waals surface area contributed by atoms with Gasteiger partial charge < -0.3 is 5.32 Å². The lowest BCUT2D eigenvalue weighted by atomic mass is 10.1. The SMILES string of the molecule is Cc1ccc(N=C2NC(=O)/C(=C/C3=CCC(Br)C=C3)S2)cc1C. The number of rotatable bonds is 2. The number of nitrogens with zero attached hydrogens (tertiary/aromatic N) is 1. The molecule has 3 nitrogen and oxygen atoms in total. The monoisotopic (exact) mass is 388 g/mol. The Morgan fingerprint density at radius 1 is 1.35 bits per heavy atom. The predicted molar refractivity (Wildman–Crippen MR) is 101 cm³/mol. The maximum atomic E-state index is 12.1. The van der Waals surface area contributed by atoms with Gasteiger partial charge in [0, 0.05) is 4.83 Å². The molecule has 0 spiro atoms. The second-order valence-electron chi connectivity index (χ2n) is 5.57. The Morgan fingerprint density at radius 3 is 2.87 bits per heavy atom. The molecule has 1 fully saturated rings. The molecule has 0 bridgehead atoms. The highest BCUT2D eigenvalue weighted by Gasteiger charge is 2.24. The van der Waals surface area contributed by atoms with E-state index < -0.39 is 0 Å². The maximum Gasteiger partial charge on any atom is 0.264 e. The minimum atomic E-state index is -0.0900. The molecule has 23 heavy (non-hydrogen) atoms. The lowest BCUT2D eigenvalue weighted by Gasteiger charge is -2.07. The van der Waals surface area contributed by atoms with Crippen LogP contribution in [-0.4, -0.2) is 15.9 Å². The van der Waals surface area contributed by atoms with E-state index in [9.17, 15) is 4.79 Å². The molecule has 1 N–H and O–H groups in total. The molecule has 1 heterocycles. The smallest absolute Gasteiger partial charge is 0.264 e. The summed E-state index contributed by atoms with van der Waals surface area (Å²) in [4.78, 5) is 17.7. The van der Waals surface area contributed by atoms with Gasteiger partial charge in [-0.1, -0.05) is 40.2 Å². The van der Waals surface area contributed by atoms with E-state index >= 15 is 0 Å². The molecule has 1 saturated heterocycles. The molecule has 5 heteroatoms. The van der Waals surface area contributed by atoms with Crippen LogP contribution in [0, 0.1) is 13.8 Å². The van der Waals surface area contributed by atoms with Crippen molar-refractivity contribution >= 4 is 44.5 Å². The fourth-order valence-electron chi connectivity index (χ4n) is 2.26. The quantitative estimate of drug-likeness (QED) is 0.589. The van der Waals surface area contributed by atoms with Gasteiger partial charge in [-0.3, -0.25) is 4.79 Å². The Hall–Kier alpha value is -1.59. The number of halogens is 1. The van der Waals surface area contributed by atoms with Gasteiger partial charge in [-0.25, -0.2) is 4.99 Å². The topological polar surface area (TPSA) is 41.5 Å². The normalized spacial score (nSPS) is 24.2. The van der Waals surface area contributed by atoms with Crippen molar-refractivity contribution in [2.75, 3.05) is 0 Å². The van der Waals surface area contributed by atoms with Crippen molar-refractivity contribution in [1.29, 1.82) is 0 Å². The maximum absolute atomic E-state index is 12.1. The van der Waals surface area contributed by atoms with E-state index in [1.165, 1.54) is 22.9 Å². The molecule has 1 aliphatic heterocycles. The Labute approximate surface area is 148 Å². The van der Waals surface area contributed by atoms with E-state index in [0.29, 0.717) is 14.9 Å². The number of hydrogen-bond donors (Lipinski definition) is 1. The summed E-state index contributed by atoms with van der Waals surface area (Å²) in [5.41, 5.74) is 4.35. The Kier molecular flexibility index (Phi) is 4.87. The van der Waals surface area contributed by atoms with Crippen molar-refractivity contribution in [3.63, 3.8) is 0 Å². The third-order valence-corrected chi connectivity index (χ3v) is 5.33. The van der Waals surface area contributed by atoms with E-state index in [4.69, 9.17) is 0 Å². The van der Waals surface area contributed by atoms with Gasteiger partial charge in [0.1, 0.15) is 0 Å². The molecule has 0 radical (unpaired) electrons. The van der Waals surface area contributed by atoms with Gasteiger partial charge in [0.05, 0.1) is 10.6 Å². The van der Waals surface area contributed by atoms with E-state index in [1.807, 2.05) is 30.4 Å². The summed E-state index contributed by atoms with van der Waals surface area (Å²) in [6.07, 6.45) is 9.10. The summed E-state index contributed by atoms with van der Waals surface area (Å²) in [7, 11) is 0. The molecule has 118 valence electrons. The number of alkyl halides is 1. The average Bonchev–Trinajstić information content (AvgIpc) is 2.85. The van der Waals surface area contributed by atoms with Crippen molar-refractivity contribution in [2.45, 2.75) is 25.1 Å². The van der Waals surface area contributed by atoms with E-state index in [-0.39, 0.29) is 5.91 Å². The van der Waals surface area contributed by atoms with Crippen LogP contribution in [0.1, 0.15) is 17.5 Å². The number of aliphatic imine (C=N–C) groups is 1. The highest BCUT2D eigenvalue weighted by molar-refractivity contribution is 9.09. The van der Waals surface area contributed by atoms with Crippen LogP contribution in [0.4, 0.5) is 5.69 Å². The number of allylic oxidation sites excluding steroid dienone is 5. The first-order valence-electron chi connectivity index (χ1n) is 7.40. The highest BCUT2D eigenvalue weighted by atomic mass is 79.9. The van der Waals surface area contributed by atoms with Crippen LogP contribution in [0.25, 0.3) is 0 Å². The van der Waals surface area contributed by atoms with Gasteiger partial charge in [-0.2, -0.15) is 0 Å². The van der Waals surface area contributed by atoms with Crippen LogP contribution in [0.3, 0.4) is 0 Å². The minimum absolute atomic E-state index is 0.0900. The fraction of sp³-hybridized carbons (Fsp3) is 0.222. The zero-order valence-corrected chi connectivity index (χ0v) is 15.4. The largest absolute Gasteiger partial charge is 0.300 e. The molecule has 1 aliphatic carbocycles. The first-order valence-corrected chi connectivity index (χ1v) is 9.14. The second-order valence-corrected chi connectivity index (χ2v) is 7.77. The van der Waals surface area contributed by atoms with E-state index in [0.717, 1.165) is 17.7 Å². The van der Waals surface area contributed by atoms with Crippen LogP contribution in [0.5, 0.6) is 0 Å². The van der Waals surface area contributed by atoms with Crippen molar-refractivity contribution in [1.82, 2.24) is 5.32 Å². The zero-order valence-electron chi connectivity index (χ0n) is 13.0. The lowest BCUT2D eigenvalue weighted by molar-refractivity contribution is -0.115. The first kappa shape index (κ1) is 16.3. The number of aryl methyl sites for hydroxylation is 2. The van der Waals surface area contributed by atoms with Gasteiger partial charge in [-0.05, 0) is 66.9 Å². The van der Waals surface area contributed by atoms with E-state index in [2.05, 4.69) is 52.2 Å². The summed E-state index contributed by atoms with van der Waals surface area (Å²) in [6.45, 7) is 4.13. The Bertz CT molecular complexity index is 777. The van der Waals surface area contributed by atoms with Gasteiger partial charge >= 0.3 is 0 Å². The standard InChI is InChI=1S/C18H17BrN2OS/c1-11-3-8-15(9-12(11)2)20-18-21-17(22)16(23-18)10-13-4-6-14(19)7-5-13/h3-6,8-10,14H,7H2,1-2H3,(H,20,21,22)/b16-10-. The number of amides is 1. The predicted octanol–water partition coefficient (Wildman–Crippen LogP) is 4.69. The third kappa shape index (κ3) is 4.03. The molecule has 1 atom stereocenters. The molecular formula is C18H17BrN2OS. The molecule has 0 saturated carbocycles. The number of benzene rings is 1. The molecule has 1 aromatic rings. The highest BCUT2D eigenvalue weighted by Crippen LogP contribution is 2.29. The summed E-state index contributed by atoms with van der Waals surface area (Å²) in [6, 6.07) is 6.03. The summed E-state index contributed by atoms with van der Waals surface area (Å²) < 4.78 is 0. The molecule has 3 rings (SSSR count). The van der Waals surface area contributed by atoms with Crippen molar-refractivity contribution in [2.24, 2.45) is 4.99 Å². The van der Waals surface area contributed by atoms with Gasteiger partial charge in [0.25, 0.3) is 5.91 Å². The lowest BCUT2D eigenvalue weighted by Crippen LogP contribution is -2.19. The molecule has 1 unspecified atom stereocenters. The average molecular weight is 389 g/mol. The zero-order chi connectivity index (χ0) is 16.4.